The molecule has 0 radical (unpaired) electrons. The number of nitrogens with zero attached hydrogens (tertiary/aromatic N) is 3. The van der Waals surface area contributed by atoms with Crippen molar-refractivity contribution in [2.75, 3.05) is 23.5 Å². The Morgan fingerprint density at radius 3 is 2.86 bits per heavy atom. The van der Waals surface area contributed by atoms with Crippen LogP contribution in [-0.2, 0) is 4.74 Å². The first-order valence-corrected chi connectivity index (χ1v) is 8.47. The number of anilines is 1. The van der Waals surface area contributed by atoms with Gasteiger partial charge < -0.3 is 9.64 Å². The van der Waals surface area contributed by atoms with Gasteiger partial charge in [0.1, 0.15) is 11.8 Å². The molecule has 1 atom stereocenters. The second kappa shape index (κ2) is 7.56. The molecule has 0 bridgehead atoms. The van der Waals surface area contributed by atoms with Gasteiger partial charge in [0.05, 0.1) is 17.3 Å². The minimum Gasteiger partial charge on any atom is -0.376 e. The summed E-state index contributed by atoms with van der Waals surface area (Å²) in [5, 5.41) is 10.2. The lowest BCUT2D eigenvalue weighted by Gasteiger charge is -2.28. The quantitative estimate of drug-likeness (QED) is 0.558. The van der Waals surface area contributed by atoms with Gasteiger partial charge in [-0.05, 0) is 19.1 Å². The molecule has 114 valence electrons. The largest absolute Gasteiger partial charge is 0.376 e. The summed E-state index contributed by atoms with van der Waals surface area (Å²) in [6.45, 7) is 2.02. The lowest BCUT2D eigenvalue weighted by molar-refractivity contribution is 0.145. The molecule has 0 amide bonds. The number of nitriles is 1. The van der Waals surface area contributed by atoms with Gasteiger partial charge in [0.2, 0.25) is 0 Å². The van der Waals surface area contributed by atoms with E-state index in [0.29, 0.717) is 5.69 Å². The molecular weight excluding hydrogens is 389 g/mol. The van der Waals surface area contributed by atoms with Gasteiger partial charge in [0, 0.05) is 29.7 Å². The fourth-order valence-electron chi connectivity index (χ4n) is 2.41. The van der Waals surface area contributed by atoms with E-state index in [2.05, 4.69) is 44.6 Å². The van der Waals surface area contributed by atoms with E-state index in [1.54, 1.807) is 7.11 Å². The van der Waals surface area contributed by atoms with E-state index < -0.39 is 0 Å². The van der Waals surface area contributed by atoms with Crippen LogP contribution in [-0.4, -0.2) is 29.7 Å². The van der Waals surface area contributed by atoms with Crippen molar-refractivity contribution >= 4 is 39.2 Å². The topological polar surface area (TPSA) is 49.1 Å². The third-order valence-corrected chi connectivity index (χ3v) is 4.05. The van der Waals surface area contributed by atoms with E-state index in [-0.39, 0.29) is 6.10 Å². The van der Waals surface area contributed by atoms with Crippen molar-refractivity contribution in [3.8, 4) is 6.07 Å². The maximum atomic E-state index is 9.23. The number of hydrogen-bond acceptors (Lipinski definition) is 4. The summed E-state index contributed by atoms with van der Waals surface area (Å²) in [7, 11) is 3.70. The molecule has 0 saturated carbocycles. The number of methoxy groups -OCH3 is 1. The van der Waals surface area contributed by atoms with Crippen LogP contribution in [0.1, 0.15) is 12.6 Å². The number of halogens is 1. The Labute approximate surface area is 144 Å². The number of para-hydroxylation sites is 1. The molecule has 0 saturated heterocycles. The fourth-order valence-corrected chi connectivity index (χ4v) is 2.86. The molecule has 4 nitrogen and oxygen atoms in total. The Morgan fingerprint density at radius 1 is 1.50 bits per heavy atom. The number of aromatic nitrogens is 1. The molecule has 0 unspecified atom stereocenters. The molecule has 0 fully saturated rings. The van der Waals surface area contributed by atoms with E-state index in [1.165, 1.54) is 0 Å². The summed E-state index contributed by atoms with van der Waals surface area (Å²) < 4.78 is 6.37. The highest BCUT2D eigenvalue weighted by molar-refractivity contribution is 14.1. The van der Waals surface area contributed by atoms with Crippen molar-refractivity contribution in [3.63, 3.8) is 0 Å². The molecule has 22 heavy (non-hydrogen) atoms. The minimum absolute atomic E-state index is 0.0303. The smallest absolute Gasteiger partial charge is 0.143 e. The highest BCUT2D eigenvalue weighted by Gasteiger charge is 2.17. The van der Waals surface area contributed by atoms with Crippen molar-refractivity contribution in [2.24, 2.45) is 0 Å². The van der Waals surface area contributed by atoms with E-state index in [0.717, 1.165) is 26.7 Å². The number of rotatable bonds is 5. The Bertz CT molecular complexity index is 736. The zero-order valence-corrected chi connectivity index (χ0v) is 15.0. The third-order valence-electron chi connectivity index (χ3n) is 3.61. The van der Waals surface area contributed by atoms with Gasteiger partial charge in [-0.2, -0.15) is 5.26 Å². The summed E-state index contributed by atoms with van der Waals surface area (Å²) in [5.74, 6) is 0. The van der Waals surface area contributed by atoms with Crippen LogP contribution >= 0.6 is 22.6 Å². The number of ether oxygens (including phenoxy) is 1. The van der Waals surface area contributed by atoms with Crippen molar-refractivity contribution < 1.29 is 4.74 Å². The van der Waals surface area contributed by atoms with Crippen molar-refractivity contribution in [1.29, 1.82) is 5.26 Å². The number of hydrogen-bond donors (Lipinski definition) is 0. The van der Waals surface area contributed by atoms with Crippen LogP contribution < -0.4 is 4.90 Å². The fraction of sp³-hybridized carbons (Fsp3) is 0.294. The van der Waals surface area contributed by atoms with Gasteiger partial charge in [-0.1, -0.05) is 46.9 Å². The maximum absolute atomic E-state index is 9.23. The molecule has 1 heterocycles. The summed E-state index contributed by atoms with van der Waals surface area (Å²) in [4.78, 5) is 6.45. The molecule has 2 aromatic rings. The first-order valence-electron chi connectivity index (χ1n) is 6.94. The number of likely N-dealkylation sites (N-methyl/N-ethyl adjacent to an activating group) is 1. The highest BCUT2D eigenvalue weighted by atomic mass is 127. The number of allylic oxidation sites excluding steroid dienone is 1. The predicted molar refractivity (Wildman–Crippen MR) is 98.3 cm³/mol. The predicted octanol–water partition coefficient (Wildman–Crippen LogP) is 3.90. The van der Waals surface area contributed by atoms with Gasteiger partial charge >= 0.3 is 0 Å². The number of alkyl halides is 1. The second-order valence-corrected chi connectivity index (χ2v) is 5.76. The van der Waals surface area contributed by atoms with E-state index in [1.807, 2.05) is 44.3 Å². The maximum Gasteiger partial charge on any atom is 0.143 e. The normalized spacial score (nSPS) is 13.0. The molecule has 1 aromatic heterocycles. The van der Waals surface area contributed by atoms with Crippen LogP contribution in [0, 0.1) is 11.3 Å². The third kappa shape index (κ3) is 3.39. The average Bonchev–Trinajstić information content (AvgIpc) is 2.57. The van der Waals surface area contributed by atoms with Gasteiger partial charge in [0.15, 0.2) is 0 Å². The first kappa shape index (κ1) is 16.7. The van der Waals surface area contributed by atoms with Crippen LogP contribution in [0.5, 0.6) is 0 Å². The van der Waals surface area contributed by atoms with Crippen LogP contribution in [0.15, 0.2) is 42.1 Å². The lowest BCUT2D eigenvalue weighted by atomic mass is 10.1. The van der Waals surface area contributed by atoms with Crippen LogP contribution in [0.25, 0.3) is 10.9 Å². The van der Waals surface area contributed by atoms with Crippen molar-refractivity contribution in [2.45, 2.75) is 13.0 Å². The zero-order valence-electron chi connectivity index (χ0n) is 12.9. The monoisotopic (exact) mass is 407 g/mol. The number of fused-ring (bicyclic) bond motifs is 1. The van der Waals surface area contributed by atoms with Gasteiger partial charge in [0.25, 0.3) is 0 Å². The molecule has 0 spiro atoms. The number of pyridine rings is 1. The molecule has 5 heteroatoms. The van der Waals surface area contributed by atoms with E-state index >= 15 is 0 Å². The SMILES string of the molecule is CO[C@@H](C)C(=CCI)N(C)c1cc(C#N)nc2ccccc12. The molecular formula is C17H18IN3O. The number of benzene rings is 1. The van der Waals surface area contributed by atoms with E-state index in [4.69, 9.17) is 4.74 Å². The molecule has 2 rings (SSSR count). The lowest BCUT2D eigenvalue weighted by Crippen LogP contribution is -2.26. The molecule has 0 aliphatic heterocycles. The summed E-state index contributed by atoms with van der Waals surface area (Å²) in [6.07, 6.45) is 2.10. The molecule has 0 N–H and O–H groups in total. The highest BCUT2D eigenvalue weighted by Crippen LogP contribution is 2.29. The summed E-state index contributed by atoms with van der Waals surface area (Å²) in [5.41, 5.74) is 3.26. The zero-order chi connectivity index (χ0) is 16.1. The Balaban J connectivity index is 2.62. The van der Waals surface area contributed by atoms with Crippen molar-refractivity contribution in [1.82, 2.24) is 4.98 Å². The van der Waals surface area contributed by atoms with Gasteiger partial charge in [-0.25, -0.2) is 4.98 Å². The van der Waals surface area contributed by atoms with Crippen molar-refractivity contribution in [3.05, 3.63) is 47.8 Å². The van der Waals surface area contributed by atoms with Gasteiger partial charge in [-0.3, -0.25) is 0 Å². The van der Waals surface area contributed by atoms with Crippen LogP contribution in [0.2, 0.25) is 0 Å². The van der Waals surface area contributed by atoms with Crippen LogP contribution in [0.4, 0.5) is 5.69 Å². The average molecular weight is 407 g/mol. The van der Waals surface area contributed by atoms with Gasteiger partial charge in [-0.15, -0.1) is 0 Å². The molecule has 1 aromatic carbocycles. The first-order chi connectivity index (χ1) is 10.6. The second-order valence-electron chi connectivity index (χ2n) is 4.88. The van der Waals surface area contributed by atoms with E-state index in [9.17, 15) is 5.26 Å². The standard InChI is InChI=1S/C17H18IN3O/c1-12(22-3)16(8-9-18)21(2)17-10-13(11-19)20-15-7-5-4-6-14(15)17/h4-8,10,12H,9H2,1-3H3/t12-/m0/s1. The Morgan fingerprint density at radius 2 is 2.23 bits per heavy atom. The van der Waals surface area contributed by atoms with Crippen LogP contribution in [0.3, 0.4) is 0 Å². The Hall–Kier alpha value is -1.65. The molecule has 0 aliphatic rings. The Kier molecular flexibility index (Phi) is 5.75. The summed E-state index contributed by atoms with van der Waals surface area (Å²) >= 11 is 2.31. The minimum atomic E-state index is -0.0303. The summed E-state index contributed by atoms with van der Waals surface area (Å²) in [6, 6.07) is 11.8. The molecule has 0 aliphatic carbocycles.